The van der Waals surface area contributed by atoms with Crippen molar-refractivity contribution in [2.75, 3.05) is 31.2 Å². The molecule has 2 fully saturated rings. The van der Waals surface area contributed by atoms with Crippen LogP contribution in [-0.4, -0.2) is 88.3 Å². The zero-order chi connectivity index (χ0) is 27.4. The van der Waals surface area contributed by atoms with Crippen molar-refractivity contribution in [3.8, 4) is 5.75 Å². The third kappa shape index (κ3) is 3.94. The number of amides is 3. The molecule has 0 bridgehead atoms. The number of benzene rings is 1. The number of ether oxygens (including phenoxy) is 2. The topological polar surface area (TPSA) is 99.6 Å². The average molecular weight is 524 g/mol. The van der Waals surface area contributed by atoms with Gasteiger partial charge in [0.2, 0.25) is 17.7 Å². The van der Waals surface area contributed by atoms with Crippen molar-refractivity contribution in [1.29, 1.82) is 0 Å². The number of anilines is 1. The minimum absolute atomic E-state index is 0.227. The van der Waals surface area contributed by atoms with Crippen molar-refractivity contribution in [3.05, 3.63) is 48.6 Å². The molecule has 0 aromatic heterocycles. The highest BCUT2D eigenvalue weighted by Crippen LogP contribution is 2.54. The Morgan fingerprint density at radius 2 is 1.79 bits per heavy atom. The van der Waals surface area contributed by atoms with Crippen LogP contribution in [-0.2, 0) is 19.1 Å². The Hall–Kier alpha value is -3.17. The summed E-state index contributed by atoms with van der Waals surface area (Å²) >= 11 is 0. The van der Waals surface area contributed by atoms with Crippen LogP contribution in [0.15, 0.2) is 48.6 Å². The lowest BCUT2D eigenvalue weighted by atomic mass is 9.77. The van der Waals surface area contributed by atoms with Crippen molar-refractivity contribution in [3.63, 3.8) is 0 Å². The highest BCUT2D eigenvalue weighted by Gasteiger charge is 2.72. The summed E-state index contributed by atoms with van der Waals surface area (Å²) in [6.07, 6.45) is 6.77. The molecule has 3 amide bonds. The third-order valence-corrected chi connectivity index (χ3v) is 8.10. The van der Waals surface area contributed by atoms with Crippen molar-refractivity contribution in [2.45, 2.75) is 63.9 Å². The number of hydrogen-bond donors (Lipinski definition) is 1. The molecule has 1 unspecified atom stereocenters. The van der Waals surface area contributed by atoms with Crippen LogP contribution < -0.4 is 9.64 Å². The van der Waals surface area contributed by atoms with Gasteiger partial charge < -0.3 is 29.3 Å². The Kier molecular flexibility index (Phi) is 6.64. The molecular formula is C29H37N3O6. The lowest BCUT2D eigenvalue weighted by Crippen LogP contribution is -2.60. The number of nitrogens with zero attached hydrogens (tertiary/aromatic N) is 3. The number of carbonyl (C=O) groups excluding carboxylic acids is 3. The number of rotatable bonds is 5. The van der Waals surface area contributed by atoms with E-state index in [9.17, 15) is 19.5 Å². The van der Waals surface area contributed by atoms with Gasteiger partial charge in [-0.25, -0.2) is 0 Å². The quantitative estimate of drug-likeness (QED) is 0.594. The molecule has 204 valence electrons. The molecule has 4 aliphatic rings. The number of likely N-dealkylation sites (tertiary alicyclic amines) is 1. The summed E-state index contributed by atoms with van der Waals surface area (Å²) < 4.78 is 12.2. The summed E-state index contributed by atoms with van der Waals surface area (Å²) in [5.74, 6) is -1.81. The minimum Gasteiger partial charge on any atom is -0.494 e. The van der Waals surface area contributed by atoms with Gasteiger partial charge in [-0.3, -0.25) is 14.4 Å². The fourth-order valence-electron chi connectivity index (χ4n) is 6.36. The molecule has 9 heteroatoms. The Morgan fingerprint density at radius 1 is 1.08 bits per heavy atom. The van der Waals surface area contributed by atoms with E-state index >= 15 is 0 Å². The number of hydrogen-bond acceptors (Lipinski definition) is 6. The smallest absolute Gasteiger partial charge is 0.249 e. The Morgan fingerprint density at radius 3 is 2.42 bits per heavy atom. The van der Waals surface area contributed by atoms with Gasteiger partial charge in [-0.2, -0.15) is 0 Å². The molecule has 38 heavy (non-hydrogen) atoms. The van der Waals surface area contributed by atoms with Crippen molar-refractivity contribution >= 4 is 23.4 Å². The average Bonchev–Trinajstić information content (AvgIpc) is 3.19. The van der Waals surface area contributed by atoms with Crippen LogP contribution in [0.5, 0.6) is 5.75 Å². The summed E-state index contributed by atoms with van der Waals surface area (Å²) in [7, 11) is 0. The Labute approximate surface area is 223 Å². The summed E-state index contributed by atoms with van der Waals surface area (Å²) in [5.41, 5.74) is -1.11. The first-order valence-corrected chi connectivity index (χ1v) is 13.4. The van der Waals surface area contributed by atoms with E-state index in [1.807, 2.05) is 76.3 Å². The van der Waals surface area contributed by atoms with Crippen LogP contribution in [0.25, 0.3) is 0 Å². The minimum atomic E-state index is -1.31. The van der Waals surface area contributed by atoms with Crippen LogP contribution >= 0.6 is 0 Å². The van der Waals surface area contributed by atoms with E-state index in [2.05, 4.69) is 0 Å². The second-order valence-electron chi connectivity index (χ2n) is 11.4. The highest BCUT2D eigenvalue weighted by molar-refractivity contribution is 6.04. The van der Waals surface area contributed by atoms with Gasteiger partial charge in [-0.1, -0.05) is 24.3 Å². The van der Waals surface area contributed by atoms with Gasteiger partial charge in [0.15, 0.2) is 0 Å². The van der Waals surface area contributed by atoms with E-state index in [4.69, 9.17) is 9.47 Å². The van der Waals surface area contributed by atoms with E-state index in [1.54, 1.807) is 16.7 Å². The molecule has 0 radical (unpaired) electrons. The normalized spacial score (nSPS) is 31.6. The number of carbonyl (C=O) groups is 3. The van der Waals surface area contributed by atoms with Gasteiger partial charge in [0.05, 0.1) is 37.2 Å². The molecule has 1 N–H and O–H groups in total. The fourth-order valence-corrected chi connectivity index (χ4v) is 6.36. The Bertz CT molecular complexity index is 1170. The molecule has 0 aliphatic carbocycles. The molecule has 6 atom stereocenters. The van der Waals surface area contributed by atoms with Crippen LogP contribution in [0.4, 0.5) is 5.69 Å². The molecule has 5 rings (SSSR count). The van der Waals surface area contributed by atoms with Crippen molar-refractivity contribution in [1.82, 2.24) is 9.80 Å². The zero-order valence-corrected chi connectivity index (χ0v) is 22.7. The number of fused-ring (bicyclic) bond motifs is 2. The lowest BCUT2D eigenvalue weighted by molar-refractivity contribution is -0.153. The van der Waals surface area contributed by atoms with Gasteiger partial charge in [0.1, 0.15) is 17.4 Å². The van der Waals surface area contributed by atoms with Crippen LogP contribution in [0.2, 0.25) is 0 Å². The van der Waals surface area contributed by atoms with E-state index in [0.29, 0.717) is 31.1 Å². The lowest BCUT2D eigenvalue weighted by Gasteiger charge is -2.41. The first-order chi connectivity index (χ1) is 18.0. The standard InChI is InChI=1S/C29H37N3O6/c1-6-37-20-12-10-19(11-13-20)30-15-7-9-21-22(25(30)34)23-26(35)32(18(2)17-33)24-27(36)31(28(3,4)5)16-8-14-29(23,24)38-21/h7-14,18,21-24,33H,6,15-17H2,1-5H3/t18-,21+,22-,23+,24?,29+/m1/s1. The van der Waals surface area contributed by atoms with Crippen molar-refractivity contribution in [2.24, 2.45) is 11.8 Å². The largest absolute Gasteiger partial charge is 0.494 e. The van der Waals surface area contributed by atoms with E-state index in [1.165, 1.54) is 4.90 Å². The molecule has 4 heterocycles. The summed E-state index contributed by atoms with van der Waals surface area (Å²) in [6.45, 7) is 10.4. The van der Waals surface area contributed by atoms with Crippen LogP contribution in [0.3, 0.4) is 0 Å². The fraction of sp³-hybridized carbons (Fsp3) is 0.552. The summed E-state index contributed by atoms with van der Waals surface area (Å²) in [6, 6.07) is 5.71. The predicted molar refractivity (Wildman–Crippen MR) is 141 cm³/mol. The monoisotopic (exact) mass is 523 g/mol. The first-order valence-electron chi connectivity index (χ1n) is 13.4. The number of aliphatic hydroxyl groups is 1. The molecule has 1 aromatic carbocycles. The molecule has 1 aromatic rings. The SMILES string of the molecule is CCOc1ccc(N2CC=C[C@@H]3O[C@]45C=CCN(C(C)(C)C)C(=O)C4N([C@H](C)CO)C(=O)[C@@H]5[C@@H]3C2=O)cc1. The summed E-state index contributed by atoms with van der Waals surface area (Å²) in [5, 5.41) is 10.1. The first kappa shape index (κ1) is 26.4. The zero-order valence-electron chi connectivity index (χ0n) is 22.7. The van der Waals surface area contributed by atoms with Gasteiger partial charge >= 0.3 is 0 Å². The maximum absolute atomic E-state index is 14.2. The molecule has 4 aliphatic heterocycles. The third-order valence-electron chi connectivity index (χ3n) is 8.10. The maximum atomic E-state index is 14.2. The van der Waals surface area contributed by atoms with Crippen LogP contribution in [0, 0.1) is 11.8 Å². The van der Waals surface area contributed by atoms with Gasteiger partial charge in [0, 0.05) is 24.3 Å². The van der Waals surface area contributed by atoms with Crippen molar-refractivity contribution < 1.29 is 29.0 Å². The Balaban J connectivity index is 1.58. The van der Waals surface area contributed by atoms with Gasteiger partial charge in [-0.15, -0.1) is 0 Å². The van der Waals surface area contributed by atoms with Gasteiger partial charge in [-0.05, 0) is 58.9 Å². The molecule has 9 nitrogen and oxygen atoms in total. The highest BCUT2D eigenvalue weighted by atomic mass is 16.5. The second kappa shape index (κ2) is 9.54. The molecule has 1 spiro atoms. The van der Waals surface area contributed by atoms with Crippen LogP contribution in [0.1, 0.15) is 34.6 Å². The predicted octanol–water partition coefficient (Wildman–Crippen LogP) is 2.15. The second-order valence-corrected chi connectivity index (χ2v) is 11.4. The molecule has 0 saturated carbocycles. The molecule has 2 saturated heterocycles. The maximum Gasteiger partial charge on any atom is 0.249 e. The van der Waals surface area contributed by atoms with E-state index in [-0.39, 0.29) is 24.3 Å². The molecular weight excluding hydrogens is 486 g/mol. The number of aliphatic hydroxyl groups excluding tert-OH is 1. The van der Waals surface area contributed by atoms with E-state index < -0.39 is 41.2 Å². The summed E-state index contributed by atoms with van der Waals surface area (Å²) in [4.78, 5) is 47.3. The van der Waals surface area contributed by atoms with Gasteiger partial charge in [0.25, 0.3) is 0 Å². The van der Waals surface area contributed by atoms with E-state index in [0.717, 1.165) is 0 Å².